The number of hydrogen-bond donors (Lipinski definition) is 2. The molecule has 3 nitrogen and oxygen atoms in total. The number of alkyl halides is 3. The predicted molar refractivity (Wildman–Crippen MR) is 82.0 cm³/mol. The second-order valence-corrected chi connectivity index (χ2v) is 5.52. The number of nitrogens with two attached hydrogens (primary N) is 1. The van der Waals surface area contributed by atoms with Gasteiger partial charge in [-0.15, -0.1) is 12.4 Å². The summed E-state index contributed by atoms with van der Waals surface area (Å²) in [4.78, 5) is 11.8. The molecule has 0 aromatic heterocycles. The first kappa shape index (κ1) is 19.5. The Kier molecular flexibility index (Phi) is 7.82. The van der Waals surface area contributed by atoms with Crippen LogP contribution in [0, 0.1) is 9.49 Å². The van der Waals surface area contributed by atoms with Crippen LogP contribution in [0.25, 0.3) is 0 Å². The predicted octanol–water partition coefficient (Wildman–Crippen LogP) is 3.06. The third-order valence-electron chi connectivity index (χ3n) is 2.50. The Morgan fingerprint density at radius 3 is 2.50 bits per heavy atom. The minimum Gasteiger partial charge on any atom is -0.352 e. The van der Waals surface area contributed by atoms with Crippen molar-refractivity contribution in [1.82, 2.24) is 5.32 Å². The maximum absolute atomic E-state index is 12.6. The topological polar surface area (TPSA) is 55.1 Å². The van der Waals surface area contributed by atoms with Gasteiger partial charge in [0, 0.05) is 15.7 Å². The molecule has 0 aliphatic rings. The van der Waals surface area contributed by atoms with Crippen molar-refractivity contribution in [3.05, 3.63) is 32.9 Å². The third-order valence-corrected chi connectivity index (χ3v) is 3.12. The van der Waals surface area contributed by atoms with Gasteiger partial charge in [0.15, 0.2) is 0 Å². The van der Waals surface area contributed by atoms with Crippen LogP contribution in [0.3, 0.4) is 0 Å². The lowest BCUT2D eigenvalue weighted by molar-refractivity contribution is -0.137. The van der Waals surface area contributed by atoms with Crippen molar-refractivity contribution in [1.29, 1.82) is 0 Å². The first-order valence-electron chi connectivity index (χ1n) is 5.60. The molecule has 3 N–H and O–H groups in total. The van der Waals surface area contributed by atoms with Gasteiger partial charge < -0.3 is 11.1 Å². The quantitative estimate of drug-likeness (QED) is 0.733. The van der Waals surface area contributed by atoms with Gasteiger partial charge in [0.05, 0.1) is 5.56 Å². The molecule has 0 spiro atoms. The Morgan fingerprint density at radius 2 is 2.00 bits per heavy atom. The van der Waals surface area contributed by atoms with Crippen LogP contribution < -0.4 is 11.1 Å². The van der Waals surface area contributed by atoms with Gasteiger partial charge in [-0.05, 0) is 53.3 Å². The molecular weight excluding hydrogens is 407 g/mol. The third kappa shape index (κ3) is 5.84. The zero-order chi connectivity index (χ0) is 14.6. The van der Waals surface area contributed by atoms with E-state index in [0.29, 0.717) is 16.7 Å². The normalized spacial score (nSPS) is 12.5. The van der Waals surface area contributed by atoms with E-state index >= 15 is 0 Å². The van der Waals surface area contributed by atoms with E-state index in [1.807, 2.05) is 6.92 Å². The van der Waals surface area contributed by atoms with Crippen LogP contribution in [-0.4, -0.2) is 19.0 Å². The van der Waals surface area contributed by atoms with Crippen LogP contribution in [0.15, 0.2) is 18.2 Å². The summed E-state index contributed by atoms with van der Waals surface area (Å²) < 4.78 is 38.3. The number of amides is 1. The summed E-state index contributed by atoms with van der Waals surface area (Å²) in [6.45, 7) is 2.58. The van der Waals surface area contributed by atoms with Crippen molar-refractivity contribution in [3.63, 3.8) is 0 Å². The fourth-order valence-corrected chi connectivity index (χ4v) is 2.01. The van der Waals surface area contributed by atoms with Gasteiger partial charge in [0.25, 0.3) is 5.91 Å². The SMILES string of the molecule is CC(CN)CNC(=O)c1cc(I)cc(C(F)(F)F)c1.Cl. The fourth-order valence-electron chi connectivity index (χ4n) is 1.34. The van der Waals surface area contributed by atoms with Crippen LogP contribution in [0.1, 0.15) is 22.8 Å². The number of carbonyl (C=O) groups excluding carboxylic acids is 1. The van der Waals surface area contributed by atoms with E-state index in [1.165, 1.54) is 6.07 Å². The smallest absolute Gasteiger partial charge is 0.352 e. The summed E-state index contributed by atoms with van der Waals surface area (Å²) in [5, 5.41) is 2.57. The van der Waals surface area contributed by atoms with Crippen molar-refractivity contribution in [2.45, 2.75) is 13.1 Å². The maximum atomic E-state index is 12.6. The summed E-state index contributed by atoms with van der Waals surface area (Å²) in [6.07, 6.45) is -4.46. The summed E-state index contributed by atoms with van der Waals surface area (Å²) in [5.41, 5.74) is 4.58. The van der Waals surface area contributed by atoms with Gasteiger partial charge in [-0.1, -0.05) is 6.92 Å². The van der Waals surface area contributed by atoms with Crippen LogP contribution in [0.2, 0.25) is 0 Å². The zero-order valence-corrected chi connectivity index (χ0v) is 13.6. The molecular formula is C12H15ClF3IN2O. The molecule has 0 aliphatic carbocycles. The van der Waals surface area contributed by atoms with Gasteiger partial charge in [-0.25, -0.2) is 0 Å². The highest BCUT2D eigenvalue weighted by atomic mass is 127. The van der Waals surface area contributed by atoms with E-state index in [9.17, 15) is 18.0 Å². The van der Waals surface area contributed by atoms with E-state index in [2.05, 4.69) is 5.32 Å². The first-order chi connectivity index (χ1) is 8.74. The first-order valence-corrected chi connectivity index (χ1v) is 6.68. The molecule has 1 unspecified atom stereocenters. The number of carbonyl (C=O) groups is 1. The van der Waals surface area contributed by atoms with E-state index in [1.54, 1.807) is 22.6 Å². The van der Waals surface area contributed by atoms with Crippen molar-refractivity contribution in [3.8, 4) is 0 Å². The molecule has 1 amide bonds. The van der Waals surface area contributed by atoms with Gasteiger partial charge in [-0.2, -0.15) is 13.2 Å². The molecule has 0 fully saturated rings. The summed E-state index contributed by atoms with van der Waals surface area (Å²) in [7, 11) is 0. The molecule has 1 aromatic carbocycles. The van der Waals surface area contributed by atoms with Crippen molar-refractivity contribution >= 4 is 40.9 Å². The van der Waals surface area contributed by atoms with Crippen LogP contribution >= 0.6 is 35.0 Å². The molecule has 114 valence electrons. The minimum atomic E-state index is -4.46. The second-order valence-electron chi connectivity index (χ2n) is 4.28. The largest absolute Gasteiger partial charge is 0.416 e. The van der Waals surface area contributed by atoms with Crippen molar-refractivity contribution < 1.29 is 18.0 Å². The molecule has 1 atom stereocenters. The zero-order valence-electron chi connectivity index (χ0n) is 10.6. The van der Waals surface area contributed by atoms with E-state index in [-0.39, 0.29) is 23.9 Å². The molecule has 0 saturated heterocycles. The average molecular weight is 423 g/mol. The molecule has 0 bridgehead atoms. The molecule has 0 saturated carbocycles. The van der Waals surface area contributed by atoms with Gasteiger partial charge in [0.1, 0.15) is 0 Å². The summed E-state index contributed by atoms with van der Waals surface area (Å²) in [6, 6.07) is 3.27. The standard InChI is InChI=1S/C12H14F3IN2O.ClH/c1-7(5-17)6-18-11(19)8-2-9(12(13,14)15)4-10(16)3-8;/h2-4,7H,5-6,17H2,1H3,(H,18,19);1H. The Bertz CT molecular complexity index is 469. The Hall–Kier alpha value is -0.540. The number of nitrogens with one attached hydrogen (secondary N) is 1. The van der Waals surface area contributed by atoms with E-state index in [0.717, 1.165) is 12.1 Å². The molecule has 0 radical (unpaired) electrons. The highest BCUT2D eigenvalue weighted by molar-refractivity contribution is 14.1. The Morgan fingerprint density at radius 1 is 1.40 bits per heavy atom. The number of hydrogen-bond acceptors (Lipinski definition) is 2. The molecule has 1 aromatic rings. The van der Waals surface area contributed by atoms with Gasteiger partial charge in [-0.3, -0.25) is 4.79 Å². The molecule has 20 heavy (non-hydrogen) atoms. The minimum absolute atomic E-state index is 0. The van der Waals surface area contributed by atoms with Crippen LogP contribution in [0.4, 0.5) is 13.2 Å². The highest BCUT2D eigenvalue weighted by Crippen LogP contribution is 2.31. The van der Waals surface area contributed by atoms with Crippen molar-refractivity contribution in [2.24, 2.45) is 11.7 Å². The fraction of sp³-hybridized carbons (Fsp3) is 0.417. The molecule has 8 heteroatoms. The lowest BCUT2D eigenvalue weighted by Gasteiger charge is -2.12. The van der Waals surface area contributed by atoms with Crippen LogP contribution in [0.5, 0.6) is 0 Å². The van der Waals surface area contributed by atoms with Gasteiger partial charge in [0.2, 0.25) is 0 Å². The highest BCUT2D eigenvalue weighted by Gasteiger charge is 2.31. The number of halogens is 5. The van der Waals surface area contributed by atoms with Crippen LogP contribution in [-0.2, 0) is 6.18 Å². The second kappa shape index (κ2) is 8.04. The number of benzene rings is 1. The Balaban J connectivity index is 0.00000361. The summed E-state index contributed by atoms with van der Waals surface area (Å²) in [5.74, 6) is -0.446. The van der Waals surface area contributed by atoms with Gasteiger partial charge >= 0.3 is 6.18 Å². The average Bonchev–Trinajstić information content (AvgIpc) is 2.33. The van der Waals surface area contributed by atoms with E-state index in [4.69, 9.17) is 5.73 Å². The lowest BCUT2D eigenvalue weighted by atomic mass is 10.1. The maximum Gasteiger partial charge on any atom is 0.416 e. The summed E-state index contributed by atoms with van der Waals surface area (Å²) >= 11 is 1.75. The monoisotopic (exact) mass is 422 g/mol. The van der Waals surface area contributed by atoms with Crippen molar-refractivity contribution in [2.75, 3.05) is 13.1 Å². The lowest BCUT2D eigenvalue weighted by Crippen LogP contribution is -2.31. The molecule has 1 rings (SSSR count). The molecule has 0 heterocycles. The Labute approximate surface area is 135 Å². The molecule has 0 aliphatic heterocycles. The van der Waals surface area contributed by atoms with E-state index < -0.39 is 17.6 Å². The number of rotatable bonds is 4.